The van der Waals surface area contributed by atoms with Crippen LogP contribution in [0.25, 0.3) is 133 Å². The van der Waals surface area contributed by atoms with Crippen LogP contribution in [0.5, 0.6) is 0 Å². The van der Waals surface area contributed by atoms with E-state index in [1.807, 2.05) is 24.3 Å². The lowest BCUT2D eigenvalue weighted by atomic mass is 9.95. The van der Waals surface area contributed by atoms with Crippen LogP contribution in [0.4, 0.5) is 0 Å². The normalized spacial score (nSPS) is 12.1. The Hall–Kier alpha value is -8.67. The first-order chi connectivity index (χ1) is 31.8. The van der Waals surface area contributed by atoms with Gasteiger partial charge in [-0.25, -0.2) is 4.98 Å². The molecule has 64 heavy (non-hydrogen) atoms. The zero-order chi connectivity index (χ0) is 41.9. The lowest BCUT2D eigenvalue weighted by Gasteiger charge is -2.15. The monoisotopic (exact) mass is 817 g/mol. The molecule has 0 N–H and O–H groups in total. The van der Waals surface area contributed by atoms with Crippen LogP contribution in [0.2, 0.25) is 0 Å². The van der Waals surface area contributed by atoms with Gasteiger partial charge in [-0.15, -0.1) is 0 Å². The van der Waals surface area contributed by atoms with E-state index in [-0.39, 0.29) is 0 Å². The first-order valence-corrected chi connectivity index (χ1v) is 21.7. The lowest BCUT2D eigenvalue weighted by molar-refractivity contribution is 0.668. The number of pyridine rings is 1. The van der Waals surface area contributed by atoms with Crippen molar-refractivity contribution in [1.29, 1.82) is 0 Å². The smallest absolute Gasteiger partial charge is 0.140 e. The summed E-state index contributed by atoms with van der Waals surface area (Å²) in [5.74, 6) is 1.67. The third-order valence-electron chi connectivity index (χ3n) is 13.1. The summed E-state index contributed by atoms with van der Waals surface area (Å²) in [6.07, 6.45) is 0. The summed E-state index contributed by atoms with van der Waals surface area (Å²) in [5.41, 5.74) is 14.7. The molecular formula is C59H35N3O2. The van der Waals surface area contributed by atoms with Gasteiger partial charge >= 0.3 is 0 Å². The van der Waals surface area contributed by atoms with Crippen LogP contribution < -0.4 is 0 Å². The highest BCUT2D eigenvalue weighted by molar-refractivity contribution is 6.22. The maximum Gasteiger partial charge on any atom is 0.140 e. The van der Waals surface area contributed by atoms with Crippen molar-refractivity contribution in [3.63, 3.8) is 0 Å². The quantitative estimate of drug-likeness (QED) is 0.174. The lowest BCUT2D eigenvalue weighted by Crippen LogP contribution is -2.04. The average Bonchev–Trinajstić information content (AvgIpc) is 4.12. The van der Waals surface area contributed by atoms with Gasteiger partial charge in [0.25, 0.3) is 0 Å². The number of hydrogen-bond acceptors (Lipinski definition) is 3. The van der Waals surface area contributed by atoms with Gasteiger partial charge in [0, 0.05) is 43.1 Å². The van der Waals surface area contributed by atoms with Crippen molar-refractivity contribution in [1.82, 2.24) is 14.1 Å². The van der Waals surface area contributed by atoms with E-state index in [1.165, 1.54) is 10.8 Å². The minimum absolute atomic E-state index is 0.836. The van der Waals surface area contributed by atoms with Crippen molar-refractivity contribution in [3.8, 4) is 45.0 Å². The van der Waals surface area contributed by atoms with Crippen LogP contribution in [0, 0.1) is 0 Å². The molecule has 14 rings (SSSR count). The number of furan rings is 2. The summed E-state index contributed by atoms with van der Waals surface area (Å²) in [5, 5.41) is 9.13. The van der Waals surface area contributed by atoms with E-state index in [4.69, 9.17) is 13.8 Å². The van der Waals surface area contributed by atoms with Crippen molar-refractivity contribution < 1.29 is 8.83 Å². The van der Waals surface area contributed by atoms with Gasteiger partial charge < -0.3 is 8.83 Å². The van der Waals surface area contributed by atoms with Gasteiger partial charge in [0.05, 0.1) is 22.1 Å². The van der Waals surface area contributed by atoms with Crippen LogP contribution >= 0.6 is 0 Å². The highest BCUT2D eigenvalue weighted by Crippen LogP contribution is 2.46. The van der Waals surface area contributed by atoms with E-state index >= 15 is 0 Å². The Balaban J connectivity index is 1.06. The Morgan fingerprint density at radius 3 is 1.16 bits per heavy atom. The second-order valence-electron chi connectivity index (χ2n) is 16.6. The molecule has 5 heterocycles. The summed E-state index contributed by atoms with van der Waals surface area (Å²) in [6, 6.07) is 75.3. The topological polar surface area (TPSA) is 49.0 Å². The Labute approximate surface area is 366 Å². The molecule has 5 aromatic heterocycles. The van der Waals surface area contributed by atoms with Gasteiger partial charge in [-0.3, -0.25) is 9.13 Å². The van der Waals surface area contributed by atoms with Crippen molar-refractivity contribution in [2.75, 3.05) is 0 Å². The molecule has 9 aromatic carbocycles. The SMILES string of the molecule is c1ccc(-c2cc(-n3c4ccccc4c4c(-c5cccc6oc7ccccc7c56)cccc43)nc(-n3c4ccccc4c4c(-c5cccc6oc7ccccc7c56)cccc43)c2)cc1. The number of para-hydroxylation sites is 4. The zero-order valence-electron chi connectivity index (χ0n) is 34.4. The molecule has 5 nitrogen and oxygen atoms in total. The number of rotatable bonds is 5. The minimum atomic E-state index is 0.836. The largest absolute Gasteiger partial charge is 0.456 e. The van der Waals surface area contributed by atoms with Gasteiger partial charge in [0.2, 0.25) is 0 Å². The highest BCUT2D eigenvalue weighted by Gasteiger charge is 2.23. The average molecular weight is 818 g/mol. The van der Waals surface area contributed by atoms with Gasteiger partial charge in [0.1, 0.15) is 34.0 Å². The van der Waals surface area contributed by atoms with E-state index < -0.39 is 0 Å². The Morgan fingerprint density at radius 2 is 0.656 bits per heavy atom. The molecule has 0 fully saturated rings. The van der Waals surface area contributed by atoms with E-state index in [9.17, 15) is 0 Å². The summed E-state index contributed by atoms with van der Waals surface area (Å²) in [6.45, 7) is 0. The first-order valence-electron chi connectivity index (χ1n) is 21.7. The molecule has 0 aliphatic carbocycles. The van der Waals surface area contributed by atoms with Crippen molar-refractivity contribution in [2.24, 2.45) is 0 Å². The number of benzene rings is 9. The fraction of sp³-hybridized carbons (Fsp3) is 0. The maximum atomic E-state index is 6.40. The van der Waals surface area contributed by atoms with Gasteiger partial charge in [-0.1, -0.05) is 152 Å². The molecule has 0 unspecified atom stereocenters. The fourth-order valence-corrected chi connectivity index (χ4v) is 10.5. The molecule has 14 aromatic rings. The number of nitrogens with zero attached hydrogens (tertiary/aromatic N) is 3. The number of fused-ring (bicyclic) bond motifs is 12. The van der Waals surface area contributed by atoms with E-state index in [1.54, 1.807) is 0 Å². The predicted molar refractivity (Wildman–Crippen MR) is 264 cm³/mol. The molecule has 0 aliphatic heterocycles. The molecule has 0 bridgehead atoms. The molecule has 0 spiro atoms. The van der Waals surface area contributed by atoms with Gasteiger partial charge in [0.15, 0.2) is 0 Å². The second kappa shape index (κ2) is 13.4. The molecule has 0 saturated carbocycles. The van der Waals surface area contributed by atoms with E-state index in [0.717, 1.165) is 122 Å². The molecule has 0 amide bonds. The third kappa shape index (κ3) is 4.98. The predicted octanol–water partition coefficient (Wildman–Crippen LogP) is 16.1. The summed E-state index contributed by atoms with van der Waals surface area (Å²) < 4.78 is 17.5. The fourth-order valence-electron chi connectivity index (χ4n) is 10.5. The molecule has 0 atom stereocenters. The summed E-state index contributed by atoms with van der Waals surface area (Å²) >= 11 is 0. The van der Waals surface area contributed by atoms with Crippen LogP contribution in [0.3, 0.4) is 0 Å². The Bertz CT molecular complexity index is 3950. The molecular weight excluding hydrogens is 783 g/mol. The number of hydrogen-bond donors (Lipinski definition) is 0. The molecule has 0 radical (unpaired) electrons. The van der Waals surface area contributed by atoms with Gasteiger partial charge in [-0.2, -0.15) is 0 Å². The Morgan fingerprint density at radius 1 is 0.281 bits per heavy atom. The molecule has 0 aliphatic rings. The summed E-state index contributed by atoms with van der Waals surface area (Å²) in [4.78, 5) is 5.71. The summed E-state index contributed by atoms with van der Waals surface area (Å²) in [7, 11) is 0. The highest BCUT2D eigenvalue weighted by atomic mass is 16.3. The van der Waals surface area contributed by atoms with E-state index in [2.05, 4.69) is 197 Å². The van der Waals surface area contributed by atoms with Crippen LogP contribution in [0.15, 0.2) is 221 Å². The molecule has 5 heteroatoms. The van der Waals surface area contributed by atoms with Crippen LogP contribution in [0.1, 0.15) is 0 Å². The van der Waals surface area contributed by atoms with Crippen molar-refractivity contribution in [2.45, 2.75) is 0 Å². The Kier molecular flexibility index (Phi) is 7.33. The molecule has 0 saturated heterocycles. The zero-order valence-corrected chi connectivity index (χ0v) is 34.4. The number of aromatic nitrogens is 3. The standard InChI is InChI=1S/C59H35N3O2/c1-2-16-36(17-3-1)37-34-54(61-46-26-8-4-18-42(46)56-38(22-12-28-48(56)61)40-24-14-32-52-58(40)44-20-6-10-30-50(44)63-52)60-55(35-37)62-47-27-9-5-19-43(47)57-39(23-13-29-49(57)62)41-25-15-33-53-59(41)45-21-7-11-31-51(45)64-53/h1-35H. The minimum Gasteiger partial charge on any atom is -0.456 e. The molecule has 298 valence electrons. The van der Waals surface area contributed by atoms with Gasteiger partial charge in [-0.05, 0) is 94.0 Å². The van der Waals surface area contributed by atoms with Crippen molar-refractivity contribution >= 4 is 87.5 Å². The maximum absolute atomic E-state index is 6.40. The van der Waals surface area contributed by atoms with Crippen LogP contribution in [-0.2, 0) is 0 Å². The first kappa shape index (κ1) is 35.0. The van der Waals surface area contributed by atoms with E-state index in [0.29, 0.717) is 0 Å². The van der Waals surface area contributed by atoms with Crippen molar-refractivity contribution in [3.05, 3.63) is 212 Å². The third-order valence-corrected chi connectivity index (χ3v) is 13.1. The second-order valence-corrected chi connectivity index (χ2v) is 16.6. The van der Waals surface area contributed by atoms with Crippen LogP contribution in [-0.4, -0.2) is 14.1 Å².